The Balaban J connectivity index is 3.29. The van der Waals surface area contributed by atoms with Crippen LogP contribution in [0.15, 0.2) is 18.2 Å². The van der Waals surface area contributed by atoms with Crippen LogP contribution in [-0.4, -0.2) is 13.6 Å². The van der Waals surface area contributed by atoms with Gasteiger partial charge in [0, 0.05) is 19.3 Å². The van der Waals surface area contributed by atoms with E-state index in [1.807, 2.05) is 6.92 Å². The molecule has 0 heterocycles. The van der Waals surface area contributed by atoms with Crippen molar-refractivity contribution in [1.82, 2.24) is 0 Å². The lowest BCUT2D eigenvalue weighted by molar-refractivity contribution is -0.137. The molecule has 0 saturated carbocycles. The Hall–Kier alpha value is -1.70. The summed E-state index contributed by atoms with van der Waals surface area (Å²) in [6.45, 7) is 2.44. The lowest BCUT2D eigenvalue weighted by Crippen LogP contribution is -2.17. The molecular formula is C11H11F3N2. The van der Waals surface area contributed by atoms with Crippen molar-refractivity contribution in [2.24, 2.45) is 0 Å². The highest BCUT2D eigenvalue weighted by molar-refractivity contribution is 5.54. The van der Waals surface area contributed by atoms with Gasteiger partial charge in [0.05, 0.1) is 17.2 Å². The van der Waals surface area contributed by atoms with Crippen LogP contribution in [0, 0.1) is 11.3 Å². The minimum atomic E-state index is -4.49. The molecule has 0 aliphatic rings. The summed E-state index contributed by atoms with van der Waals surface area (Å²) in [6, 6.07) is 5.26. The first-order valence-corrected chi connectivity index (χ1v) is 4.72. The number of nitrogens with zero attached hydrogens (tertiary/aromatic N) is 2. The minimum Gasteiger partial charge on any atom is -0.375 e. The summed E-state index contributed by atoms with van der Waals surface area (Å²) in [7, 11) is 1.70. The van der Waals surface area contributed by atoms with Gasteiger partial charge in [0.1, 0.15) is 0 Å². The number of halogens is 3. The summed E-state index contributed by atoms with van der Waals surface area (Å²) in [5.74, 6) is 0. The van der Waals surface area contributed by atoms with Gasteiger partial charge in [0.15, 0.2) is 0 Å². The third kappa shape index (κ3) is 2.45. The average molecular weight is 228 g/mol. The van der Waals surface area contributed by atoms with Gasteiger partial charge < -0.3 is 4.90 Å². The van der Waals surface area contributed by atoms with E-state index < -0.39 is 11.7 Å². The average Bonchev–Trinajstić information content (AvgIpc) is 2.26. The molecule has 0 radical (unpaired) electrons. The summed E-state index contributed by atoms with van der Waals surface area (Å²) < 4.78 is 37.8. The highest BCUT2D eigenvalue weighted by Gasteiger charge is 2.33. The highest BCUT2D eigenvalue weighted by Crippen LogP contribution is 2.34. The van der Waals surface area contributed by atoms with Crippen molar-refractivity contribution < 1.29 is 13.2 Å². The molecule has 0 bridgehead atoms. The molecular weight excluding hydrogens is 217 g/mol. The number of rotatable bonds is 2. The molecule has 86 valence electrons. The van der Waals surface area contributed by atoms with Crippen LogP contribution in [0.5, 0.6) is 0 Å². The summed E-state index contributed by atoms with van der Waals surface area (Å²) in [4.78, 5) is 1.68. The predicted molar refractivity (Wildman–Crippen MR) is 55.1 cm³/mol. The number of alkyl halides is 3. The second kappa shape index (κ2) is 4.44. The fourth-order valence-electron chi connectivity index (χ4n) is 1.28. The fourth-order valence-corrected chi connectivity index (χ4v) is 1.28. The molecule has 0 N–H and O–H groups in total. The molecule has 0 spiro atoms. The summed E-state index contributed by atoms with van der Waals surface area (Å²) >= 11 is 0. The van der Waals surface area contributed by atoms with Crippen LogP contribution in [0.4, 0.5) is 18.9 Å². The Morgan fingerprint density at radius 2 is 2.00 bits per heavy atom. The van der Waals surface area contributed by atoms with Crippen molar-refractivity contribution in [3.05, 3.63) is 29.3 Å². The third-order valence-electron chi connectivity index (χ3n) is 2.34. The molecule has 0 amide bonds. The largest absolute Gasteiger partial charge is 0.417 e. The van der Waals surface area contributed by atoms with Crippen LogP contribution < -0.4 is 4.90 Å². The maximum absolute atomic E-state index is 12.6. The van der Waals surface area contributed by atoms with E-state index >= 15 is 0 Å². The third-order valence-corrected chi connectivity index (χ3v) is 2.34. The second-order valence-electron chi connectivity index (χ2n) is 3.35. The monoisotopic (exact) mass is 228 g/mol. The zero-order valence-corrected chi connectivity index (χ0v) is 8.97. The van der Waals surface area contributed by atoms with Crippen LogP contribution in [-0.2, 0) is 6.18 Å². The number of anilines is 1. The van der Waals surface area contributed by atoms with Gasteiger partial charge in [-0.15, -0.1) is 0 Å². The van der Waals surface area contributed by atoms with Crippen molar-refractivity contribution >= 4 is 5.69 Å². The van der Waals surface area contributed by atoms with Crippen molar-refractivity contribution in [1.29, 1.82) is 5.26 Å². The number of nitriles is 1. The van der Waals surface area contributed by atoms with E-state index in [1.54, 1.807) is 18.0 Å². The van der Waals surface area contributed by atoms with E-state index in [0.717, 1.165) is 6.07 Å². The Morgan fingerprint density at radius 3 is 2.44 bits per heavy atom. The van der Waals surface area contributed by atoms with E-state index in [4.69, 9.17) is 5.26 Å². The van der Waals surface area contributed by atoms with Crippen LogP contribution in [0.3, 0.4) is 0 Å². The topological polar surface area (TPSA) is 27.0 Å². The van der Waals surface area contributed by atoms with Crippen molar-refractivity contribution in [3.63, 3.8) is 0 Å². The Morgan fingerprint density at radius 1 is 1.38 bits per heavy atom. The molecule has 0 aliphatic heterocycles. The van der Waals surface area contributed by atoms with Crippen molar-refractivity contribution in [2.45, 2.75) is 13.1 Å². The maximum Gasteiger partial charge on any atom is 0.417 e. The van der Waals surface area contributed by atoms with E-state index in [1.165, 1.54) is 12.1 Å². The van der Waals surface area contributed by atoms with Gasteiger partial charge in [-0.2, -0.15) is 18.4 Å². The molecule has 0 atom stereocenters. The van der Waals surface area contributed by atoms with Crippen molar-refractivity contribution in [3.8, 4) is 6.07 Å². The number of hydrogen-bond donors (Lipinski definition) is 0. The molecule has 0 fully saturated rings. The normalized spacial score (nSPS) is 11.0. The van der Waals surface area contributed by atoms with Crippen LogP contribution in [0.25, 0.3) is 0 Å². The summed E-state index contributed by atoms with van der Waals surface area (Å²) in [5.41, 5.74) is -0.776. The highest BCUT2D eigenvalue weighted by atomic mass is 19.4. The first kappa shape index (κ1) is 12.4. The van der Waals surface area contributed by atoms with Gasteiger partial charge >= 0.3 is 6.18 Å². The quantitative estimate of drug-likeness (QED) is 0.777. The van der Waals surface area contributed by atoms with Gasteiger partial charge in [0.2, 0.25) is 0 Å². The first-order valence-electron chi connectivity index (χ1n) is 4.72. The fraction of sp³-hybridized carbons (Fsp3) is 0.364. The Labute approximate surface area is 91.9 Å². The van der Waals surface area contributed by atoms with Crippen LogP contribution >= 0.6 is 0 Å². The second-order valence-corrected chi connectivity index (χ2v) is 3.35. The predicted octanol–water partition coefficient (Wildman–Crippen LogP) is 3.03. The molecule has 1 aromatic carbocycles. The molecule has 1 rings (SSSR count). The Kier molecular flexibility index (Phi) is 3.43. The van der Waals surface area contributed by atoms with Crippen LogP contribution in [0.1, 0.15) is 18.1 Å². The van der Waals surface area contributed by atoms with Gasteiger partial charge in [-0.25, -0.2) is 0 Å². The zero-order chi connectivity index (χ0) is 12.3. The molecule has 1 aromatic rings. The van der Waals surface area contributed by atoms with Gasteiger partial charge in [-0.1, -0.05) is 0 Å². The molecule has 0 saturated heterocycles. The SMILES string of the molecule is CCN(C)c1ccc(C#N)c(C(F)(F)F)c1. The summed E-state index contributed by atoms with van der Waals surface area (Å²) in [5, 5.41) is 8.60. The lowest BCUT2D eigenvalue weighted by Gasteiger charge is -2.19. The Bertz CT molecular complexity index is 418. The van der Waals surface area contributed by atoms with E-state index in [9.17, 15) is 13.2 Å². The standard InChI is InChI=1S/C11H11F3N2/c1-3-16(2)9-5-4-8(7-15)10(6-9)11(12,13)14/h4-6H,3H2,1-2H3. The van der Waals surface area contributed by atoms with Crippen molar-refractivity contribution in [2.75, 3.05) is 18.5 Å². The zero-order valence-electron chi connectivity index (χ0n) is 8.97. The van der Waals surface area contributed by atoms with Crippen LogP contribution in [0.2, 0.25) is 0 Å². The molecule has 16 heavy (non-hydrogen) atoms. The number of hydrogen-bond acceptors (Lipinski definition) is 2. The number of benzene rings is 1. The van der Waals surface area contributed by atoms with Gasteiger partial charge in [0.25, 0.3) is 0 Å². The molecule has 0 aliphatic carbocycles. The van der Waals surface area contributed by atoms with E-state index in [-0.39, 0.29) is 5.56 Å². The lowest BCUT2D eigenvalue weighted by atomic mass is 10.1. The van der Waals surface area contributed by atoms with E-state index in [2.05, 4.69) is 0 Å². The summed E-state index contributed by atoms with van der Waals surface area (Å²) in [6.07, 6.45) is -4.49. The first-order chi connectivity index (χ1) is 7.40. The molecule has 0 aromatic heterocycles. The molecule has 0 unspecified atom stereocenters. The molecule has 5 heteroatoms. The van der Waals surface area contributed by atoms with Gasteiger partial charge in [-0.05, 0) is 25.1 Å². The van der Waals surface area contributed by atoms with Gasteiger partial charge in [-0.3, -0.25) is 0 Å². The maximum atomic E-state index is 12.6. The molecule has 2 nitrogen and oxygen atoms in total. The minimum absolute atomic E-state index is 0.347. The van der Waals surface area contributed by atoms with E-state index in [0.29, 0.717) is 12.2 Å². The smallest absolute Gasteiger partial charge is 0.375 e.